The van der Waals surface area contributed by atoms with Crippen molar-refractivity contribution < 1.29 is 0 Å². The van der Waals surface area contributed by atoms with Gasteiger partial charge >= 0.3 is 5.69 Å². The SMILES string of the molecule is CCC(c1cc2n[nH]c(=O)n2c(C)n1)C(C)NC. The Morgan fingerprint density at radius 2 is 2.28 bits per heavy atom. The molecule has 0 spiro atoms. The summed E-state index contributed by atoms with van der Waals surface area (Å²) < 4.78 is 1.49. The van der Waals surface area contributed by atoms with Crippen molar-refractivity contribution in [3.8, 4) is 0 Å². The van der Waals surface area contributed by atoms with Gasteiger partial charge in [-0.1, -0.05) is 6.92 Å². The third kappa shape index (κ3) is 2.03. The Bertz CT molecular complexity index is 600. The van der Waals surface area contributed by atoms with Crippen molar-refractivity contribution in [3.63, 3.8) is 0 Å². The number of rotatable bonds is 4. The Morgan fingerprint density at radius 3 is 2.89 bits per heavy atom. The highest BCUT2D eigenvalue weighted by Crippen LogP contribution is 2.22. The van der Waals surface area contributed by atoms with Crippen molar-refractivity contribution in [2.45, 2.75) is 39.2 Å². The molecule has 2 heterocycles. The Hall–Kier alpha value is -1.69. The van der Waals surface area contributed by atoms with E-state index in [1.807, 2.05) is 20.0 Å². The van der Waals surface area contributed by atoms with Gasteiger partial charge in [0.1, 0.15) is 5.82 Å². The van der Waals surface area contributed by atoms with E-state index in [1.54, 1.807) is 0 Å². The normalized spacial score (nSPS) is 14.9. The van der Waals surface area contributed by atoms with Crippen LogP contribution in [0.1, 0.15) is 37.7 Å². The molecule has 0 saturated heterocycles. The van der Waals surface area contributed by atoms with Crippen molar-refractivity contribution in [2.24, 2.45) is 0 Å². The summed E-state index contributed by atoms with van der Waals surface area (Å²) in [6.07, 6.45) is 0.985. The van der Waals surface area contributed by atoms with E-state index < -0.39 is 0 Å². The number of hydrogen-bond acceptors (Lipinski definition) is 4. The van der Waals surface area contributed by atoms with Crippen LogP contribution in [-0.2, 0) is 0 Å². The molecule has 2 aromatic rings. The average Bonchev–Trinajstić information content (AvgIpc) is 2.72. The van der Waals surface area contributed by atoms with Crippen molar-refractivity contribution in [1.82, 2.24) is 24.9 Å². The molecule has 98 valence electrons. The molecular formula is C12H19N5O. The van der Waals surface area contributed by atoms with E-state index in [0.29, 0.717) is 23.4 Å². The summed E-state index contributed by atoms with van der Waals surface area (Å²) >= 11 is 0. The molecule has 0 saturated carbocycles. The Labute approximate surface area is 105 Å². The lowest BCUT2D eigenvalue weighted by molar-refractivity contribution is 0.473. The van der Waals surface area contributed by atoms with Gasteiger partial charge in [0, 0.05) is 18.0 Å². The fourth-order valence-electron chi connectivity index (χ4n) is 2.33. The Kier molecular flexibility index (Phi) is 3.47. The highest BCUT2D eigenvalue weighted by molar-refractivity contribution is 5.39. The largest absolute Gasteiger partial charge is 0.349 e. The summed E-state index contributed by atoms with van der Waals surface area (Å²) in [5.41, 5.74) is 1.36. The first kappa shape index (κ1) is 12.8. The number of H-pyrrole nitrogens is 1. The van der Waals surface area contributed by atoms with Gasteiger partial charge in [0.25, 0.3) is 0 Å². The number of hydrogen-bond donors (Lipinski definition) is 2. The summed E-state index contributed by atoms with van der Waals surface area (Å²) in [7, 11) is 1.94. The van der Waals surface area contributed by atoms with Crippen LogP contribution in [0.25, 0.3) is 5.65 Å². The zero-order valence-corrected chi connectivity index (χ0v) is 11.2. The molecule has 0 aliphatic heterocycles. The fourth-order valence-corrected chi connectivity index (χ4v) is 2.33. The van der Waals surface area contributed by atoms with Gasteiger partial charge in [0.15, 0.2) is 5.65 Å². The second-order valence-corrected chi connectivity index (χ2v) is 4.54. The van der Waals surface area contributed by atoms with E-state index in [2.05, 4.69) is 34.3 Å². The molecular weight excluding hydrogens is 230 g/mol. The number of fused-ring (bicyclic) bond motifs is 1. The molecule has 0 amide bonds. The van der Waals surface area contributed by atoms with Crippen LogP contribution in [0.3, 0.4) is 0 Å². The van der Waals surface area contributed by atoms with E-state index in [1.165, 1.54) is 4.40 Å². The Balaban J connectivity index is 2.55. The molecule has 18 heavy (non-hydrogen) atoms. The molecule has 0 aliphatic carbocycles. The van der Waals surface area contributed by atoms with Gasteiger partial charge in [0.05, 0.1) is 5.69 Å². The quantitative estimate of drug-likeness (QED) is 0.841. The molecule has 0 fully saturated rings. The maximum atomic E-state index is 11.5. The van der Waals surface area contributed by atoms with Crippen molar-refractivity contribution >= 4 is 5.65 Å². The van der Waals surface area contributed by atoms with Crippen LogP contribution in [0, 0.1) is 6.92 Å². The van der Waals surface area contributed by atoms with E-state index in [4.69, 9.17) is 0 Å². The first-order valence-electron chi connectivity index (χ1n) is 6.20. The topological polar surface area (TPSA) is 75.1 Å². The Morgan fingerprint density at radius 1 is 1.56 bits per heavy atom. The van der Waals surface area contributed by atoms with Gasteiger partial charge in [-0.3, -0.25) is 0 Å². The van der Waals surface area contributed by atoms with E-state index in [9.17, 15) is 4.79 Å². The lowest BCUT2D eigenvalue weighted by Crippen LogP contribution is -2.29. The molecule has 2 N–H and O–H groups in total. The number of aryl methyl sites for hydroxylation is 1. The lowest BCUT2D eigenvalue weighted by atomic mass is 9.94. The monoisotopic (exact) mass is 249 g/mol. The summed E-state index contributed by atoms with van der Waals surface area (Å²) in [6.45, 7) is 6.09. The van der Waals surface area contributed by atoms with Crippen LogP contribution in [0.15, 0.2) is 10.9 Å². The molecule has 0 aromatic carbocycles. The van der Waals surface area contributed by atoms with Crippen LogP contribution in [0.4, 0.5) is 0 Å². The molecule has 0 radical (unpaired) electrons. The van der Waals surface area contributed by atoms with Gasteiger partial charge in [-0.25, -0.2) is 19.3 Å². The molecule has 0 bridgehead atoms. The lowest BCUT2D eigenvalue weighted by Gasteiger charge is -2.22. The zero-order chi connectivity index (χ0) is 13.3. The minimum Gasteiger partial charge on any atom is -0.317 e. The molecule has 2 aromatic heterocycles. The maximum Gasteiger partial charge on any atom is 0.349 e. The van der Waals surface area contributed by atoms with Crippen LogP contribution < -0.4 is 11.0 Å². The number of likely N-dealkylation sites (N-methyl/N-ethyl adjacent to an activating group) is 1. The highest BCUT2D eigenvalue weighted by Gasteiger charge is 2.19. The molecule has 2 unspecified atom stereocenters. The van der Waals surface area contributed by atoms with Crippen molar-refractivity contribution in [2.75, 3.05) is 7.05 Å². The summed E-state index contributed by atoms with van der Waals surface area (Å²) in [5, 5.41) is 9.70. The predicted molar refractivity (Wildman–Crippen MR) is 69.9 cm³/mol. The number of nitrogens with zero attached hydrogens (tertiary/aromatic N) is 3. The van der Waals surface area contributed by atoms with E-state index in [-0.39, 0.29) is 5.69 Å². The summed E-state index contributed by atoms with van der Waals surface area (Å²) in [5.74, 6) is 0.980. The third-order valence-electron chi connectivity index (χ3n) is 3.47. The molecule has 6 heteroatoms. The van der Waals surface area contributed by atoms with Crippen molar-refractivity contribution in [1.29, 1.82) is 0 Å². The van der Waals surface area contributed by atoms with Gasteiger partial charge in [-0.05, 0) is 27.3 Å². The molecule has 2 rings (SSSR count). The third-order valence-corrected chi connectivity index (χ3v) is 3.47. The number of nitrogens with one attached hydrogen (secondary N) is 2. The van der Waals surface area contributed by atoms with Crippen LogP contribution in [0.2, 0.25) is 0 Å². The van der Waals surface area contributed by atoms with Crippen LogP contribution >= 0.6 is 0 Å². The zero-order valence-electron chi connectivity index (χ0n) is 11.2. The van der Waals surface area contributed by atoms with Gasteiger partial charge in [0.2, 0.25) is 0 Å². The second kappa shape index (κ2) is 4.89. The fraction of sp³-hybridized carbons (Fsp3) is 0.583. The van der Waals surface area contributed by atoms with Crippen molar-refractivity contribution in [3.05, 3.63) is 28.1 Å². The standard InChI is InChI=1S/C12H19N5O/c1-5-9(7(2)13-4)10-6-11-15-16-12(18)17(11)8(3)14-10/h6-7,9,13H,5H2,1-4H3,(H,16,18). The molecule has 0 aliphatic rings. The van der Waals surface area contributed by atoms with Crippen LogP contribution in [0.5, 0.6) is 0 Å². The first-order valence-corrected chi connectivity index (χ1v) is 6.20. The van der Waals surface area contributed by atoms with Gasteiger partial charge < -0.3 is 5.32 Å². The number of aromatic amines is 1. The summed E-state index contributed by atoms with van der Waals surface area (Å²) in [4.78, 5) is 16.1. The molecule has 2 atom stereocenters. The molecule has 6 nitrogen and oxygen atoms in total. The summed E-state index contributed by atoms with van der Waals surface area (Å²) in [6, 6.07) is 2.21. The predicted octanol–water partition coefficient (Wildman–Crippen LogP) is 0.828. The first-order chi connectivity index (χ1) is 8.58. The second-order valence-electron chi connectivity index (χ2n) is 4.54. The van der Waals surface area contributed by atoms with E-state index >= 15 is 0 Å². The highest BCUT2D eigenvalue weighted by atomic mass is 16.1. The smallest absolute Gasteiger partial charge is 0.317 e. The van der Waals surface area contributed by atoms with Gasteiger partial charge in [-0.15, -0.1) is 0 Å². The minimum atomic E-state index is -0.240. The van der Waals surface area contributed by atoms with Gasteiger partial charge in [-0.2, -0.15) is 5.10 Å². The van der Waals surface area contributed by atoms with E-state index in [0.717, 1.165) is 12.1 Å². The maximum absolute atomic E-state index is 11.5. The van der Waals surface area contributed by atoms with Crippen LogP contribution in [-0.4, -0.2) is 32.7 Å². The minimum absolute atomic E-state index is 0.240. The number of aromatic nitrogens is 4. The average molecular weight is 249 g/mol.